The number of benzene rings is 1. The Labute approximate surface area is 108 Å². The summed E-state index contributed by atoms with van der Waals surface area (Å²) in [5.74, 6) is -0.447. The van der Waals surface area contributed by atoms with Crippen LogP contribution < -0.4 is 5.32 Å². The van der Waals surface area contributed by atoms with Crippen molar-refractivity contribution in [2.24, 2.45) is 0 Å². The number of alkyl halides is 2. The predicted octanol–water partition coefficient (Wildman–Crippen LogP) is 3.76. The van der Waals surface area contributed by atoms with Crippen LogP contribution in [0.15, 0.2) is 22.7 Å². The molecular weight excluding hydrogens is 295 g/mol. The lowest BCUT2D eigenvalue weighted by Crippen LogP contribution is -2.38. The van der Waals surface area contributed by atoms with E-state index in [9.17, 15) is 13.2 Å². The molecule has 0 aliphatic rings. The summed E-state index contributed by atoms with van der Waals surface area (Å²) in [7, 11) is 0. The zero-order valence-corrected chi connectivity index (χ0v) is 11.1. The van der Waals surface area contributed by atoms with Gasteiger partial charge in [0.05, 0.1) is 6.04 Å². The van der Waals surface area contributed by atoms with Gasteiger partial charge in [-0.15, -0.1) is 0 Å². The van der Waals surface area contributed by atoms with Gasteiger partial charge in [-0.1, -0.05) is 22.9 Å². The molecule has 1 nitrogen and oxygen atoms in total. The zero-order valence-electron chi connectivity index (χ0n) is 9.52. The lowest BCUT2D eigenvalue weighted by molar-refractivity contribution is 0.0979. The molecule has 5 heteroatoms. The summed E-state index contributed by atoms with van der Waals surface area (Å²) in [5, 5.41) is 2.73. The van der Waals surface area contributed by atoms with Crippen molar-refractivity contribution < 1.29 is 13.2 Å². The third kappa shape index (κ3) is 4.68. The first kappa shape index (κ1) is 14.5. The highest BCUT2D eigenvalue weighted by atomic mass is 79.9. The molecular formula is C12H15BrF3N. The molecule has 0 aliphatic carbocycles. The van der Waals surface area contributed by atoms with Crippen molar-refractivity contribution in [1.82, 2.24) is 5.32 Å². The van der Waals surface area contributed by atoms with E-state index in [0.717, 1.165) is 6.42 Å². The fraction of sp³-hybridized carbons (Fsp3) is 0.500. The smallest absolute Gasteiger partial charge is 0.254 e. The SMILES string of the molecule is CCCNC(Cc1cc(Br)ccc1F)C(F)F. The molecule has 1 N–H and O–H groups in total. The van der Waals surface area contributed by atoms with Gasteiger partial charge in [0.25, 0.3) is 6.43 Å². The topological polar surface area (TPSA) is 12.0 Å². The molecule has 0 radical (unpaired) electrons. The number of halogens is 4. The van der Waals surface area contributed by atoms with Crippen molar-refractivity contribution in [2.75, 3.05) is 6.54 Å². The van der Waals surface area contributed by atoms with Crippen molar-refractivity contribution in [3.05, 3.63) is 34.1 Å². The first-order chi connectivity index (χ1) is 8.04. The minimum atomic E-state index is -2.50. The molecule has 0 aromatic heterocycles. The van der Waals surface area contributed by atoms with Crippen LogP contribution in [0, 0.1) is 5.82 Å². The Hall–Kier alpha value is -0.550. The first-order valence-corrected chi connectivity index (χ1v) is 6.29. The minimum Gasteiger partial charge on any atom is -0.309 e. The highest BCUT2D eigenvalue weighted by molar-refractivity contribution is 9.10. The Bertz CT molecular complexity index is 358. The Morgan fingerprint density at radius 2 is 2.06 bits per heavy atom. The monoisotopic (exact) mass is 309 g/mol. The van der Waals surface area contributed by atoms with Crippen LogP contribution in [0.4, 0.5) is 13.2 Å². The number of rotatable bonds is 6. The average molecular weight is 310 g/mol. The van der Waals surface area contributed by atoms with Gasteiger partial charge in [0.2, 0.25) is 0 Å². The van der Waals surface area contributed by atoms with Crippen molar-refractivity contribution in [2.45, 2.75) is 32.2 Å². The van der Waals surface area contributed by atoms with Crippen LogP contribution in [0.1, 0.15) is 18.9 Å². The second-order valence-electron chi connectivity index (χ2n) is 3.83. The van der Waals surface area contributed by atoms with E-state index >= 15 is 0 Å². The van der Waals surface area contributed by atoms with E-state index < -0.39 is 18.3 Å². The summed E-state index contributed by atoms with van der Waals surface area (Å²) in [4.78, 5) is 0. The Morgan fingerprint density at radius 1 is 1.35 bits per heavy atom. The van der Waals surface area contributed by atoms with E-state index in [-0.39, 0.29) is 6.42 Å². The van der Waals surface area contributed by atoms with E-state index in [2.05, 4.69) is 21.2 Å². The van der Waals surface area contributed by atoms with Gasteiger partial charge >= 0.3 is 0 Å². The molecule has 0 aliphatic heterocycles. The molecule has 1 unspecified atom stereocenters. The van der Waals surface area contributed by atoms with Crippen LogP contribution in [-0.4, -0.2) is 19.0 Å². The van der Waals surface area contributed by atoms with Crippen molar-refractivity contribution >= 4 is 15.9 Å². The normalized spacial score (nSPS) is 13.1. The van der Waals surface area contributed by atoms with E-state index in [1.165, 1.54) is 6.07 Å². The molecule has 0 fully saturated rings. The van der Waals surface area contributed by atoms with Crippen LogP contribution in [0.25, 0.3) is 0 Å². The van der Waals surface area contributed by atoms with Gasteiger partial charge < -0.3 is 5.32 Å². The molecule has 0 heterocycles. The van der Waals surface area contributed by atoms with Gasteiger partial charge in [0, 0.05) is 4.47 Å². The van der Waals surface area contributed by atoms with Gasteiger partial charge in [-0.05, 0) is 43.1 Å². The Balaban J connectivity index is 2.74. The second kappa shape index (κ2) is 7.01. The molecule has 0 bridgehead atoms. The summed E-state index contributed by atoms with van der Waals surface area (Å²) in [6, 6.07) is 3.37. The quantitative estimate of drug-likeness (QED) is 0.843. The zero-order chi connectivity index (χ0) is 12.8. The summed E-state index contributed by atoms with van der Waals surface area (Å²) in [6.45, 7) is 2.40. The van der Waals surface area contributed by atoms with Gasteiger partial charge in [0.1, 0.15) is 5.82 Å². The lowest BCUT2D eigenvalue weighted by Gasteiger charge is -2.18. The second-order valence-corrected chi connectivity index (χ2v) is 4.75. The van der Waals surface area contributed by atoms with Crippen LogP contribution in [0.3, 0.4) is 0 Å². The molecule has 96 valence electrons. The molecule has 1 aromatic rings. The number of hydrogen-bond acceptors (Lipinski definition) is 1. The molecule has 0 saturated carbocycles. The summed E-state index contributed by atoms with van der Waals surface area (Å²) in [6.07, 6.45) is -1.74. The molecule has 1 aromatic carbocycles. The highest BCUT2D eigenvalue weighted by Gasteiger charge is 2.21. The summed E-state index contributed by atoms with van der Waals surface area (Å²) < 4.78 is 39.6. The average Bonchev–Trinajstić information content (AvgIpc) is 2.28. The molecule has 0 spiro atoms. The first-order valence-electron chi connectivity index (χ1n) is 5.50. The van der Waals surface area contributed by atoms with E-state index in [1.807, 2.05) is 6.92 Å². The molecule has 1 rings (SSSR count). The predicted molar refractivity (Wildman–Crippen MR) is 65.9 cm³/mol. The summed E-state index contributed by atoms with van der Waals surface area (Å²) in [5.41, 5.74) is 0.299. The van der Waals surface area contributed by atoms with Gasteiger partial charge in [-0.2, -0.15) is 0 Å². The molecule has 17 heavy (non-hydrogen) atoms. The maximum Gasteiger partial charge on any atom is 0.254 e. The fourth-order valence-corrected chi connectivity index (χ4v) is 1.93. The van der Waals surface area contributed by atoms with Crippen LogP contribution >= 0.6 is 15.9 Å². The van der Waals surface area contributed by atoms with Gasteiger partial charge in [-0.25, -0.2) is 13.2 Å². The van der Waals surface area contributed by atoms with Crippen molar-refractivity contribution in [3.63, 3.8) is 0 Å². The van der Waals surface area contributed by atoms with Crippen molar-refractivity contribution in [1.29, 1.82) is 0 Å². The molecule has 1 atom stereocenters. The fourth-order valence-electron chi connectivity index (χ4n) is 1.52. The van der Waals surface area contributed by atoms with Gasteiger partial charge in [0.15, 0.2) is 0 Å². The van der Waals surface area contributed by atoms with Crippen molar-refractivity contribution in [3.8, 4) is 0 Å². The minimum absolute atomic E-state index is 0.0110. The van der Waals surface area contributed by atoms with E-state index in [0.29, 0.717) is 16.6 Å². The maximum atomic E-state index is 13.4. The Kier molecular flexibility index (Phi) is 5.98. The highest BCUT2D eigenvalue weighted by Crippen LogP contribution is 2.18. The number of hydrogen-bond donors (Lipinski definition) is 1. The largest absolute Gasteiger partial charge is 0.309 e. The van der Waals surface area contributed by atoms with Crippen LogP contribution in [0.5, 0.6) is 0 Å². The van der Waals surface area contributed by atoms with E-state index in [1.54, 1.807) is 12.1 Å². The van der Waals surface area contributed by atoms with E-state index in [4.69, 9.17) is 0 Å². The third-order valence-corrected chi connectivity index (χ3v) is 2.90. The van der Waals surface area contributed by atoms with Crippen LogP contribution in [-0.2, 0) is 6.42 Å². The standard InChI is InChI=1S/C12H15BrF3N/c1-2-5-17-11(12(15)16)7-8-6-9(13)3-4-10(8)14/h3-4,6,11-12,17H,2,5,7H2,1H3. The lowest BCUT2D eigenvalue weighted by atomic mass is 10.1. The van der Waals surface area contributed by atoms with Gasteiger partial charge in [-0.3, -0.25) is 0 Å². The third-order valence-electron chi connectivity index (χ3n) is 2.41. The Morgan fingerprint density at radius 3 is 2.65 bits per heavy atom. The maximum absolute atomic E-state index is 13.4. The molecule has 0 saturated heterocycles. The number of nitrogens with one attached hydrogen (secondary N) is 1. The van der Waals surface area contributed by atoms with Crippen LogP contribution in [0.2, 0.25) is 0 Å². The molecule has 0 amide bonds. The summed E-state index contributed by atoms with van der Waals surface area (Å²) >= 11 is 3.20.